The van der Waals surface area contributed by atoms with Crippen molar-refractivity contribution in [2.24, 2.45) is 0 Å². The van der Waals surface area contributed by atoms with Crippen molar-refractivity contribution in [1.82, 2.24) is 9.97 Å². The van der Waals surface area contributed by atoms with E-state index < -0.39 is 0 Å². The molecule has 56 valence electrons. The van der Waals surface area contributed by atoms with Gasteiger partial charge in [0, 0.05) is 12.4 Å². The molecule has 1 aromatic rings. The largest absolute Gasteiger partial charge is 0.353 e. The summed E-state index contributed by atoms with van der Waals surface area (Å²) in [6.45, 7) is 2.06. The van der Waals surface area contributed by atoms with Gasteiger partial charge in [-0.2, -0.15) is 0 Å². The van der Waals surface area contributed by atoms with Gasteiger partial charge < -0.3 is 14.5 Å². The lowest BCUT2D eigenvalue weighted by Gasteiger charge is -1.76. The number of aromatic nitrogens is 2. The average molecular weight is 142 g/mol. The quantitative estimate of drug-likeness (QED) is 0.570. The smallest absolute Gasteiger partial charge is 0.146 e. The van der Waals surface area contributed by atoms with Crippen molar-refractivity contribution in [3.05, 3.63) is 18.7 Å². The minimum absolute atomic E-state index is 0.500. The van der Waals surface area contributed by atoms with Gasteiger partial charge in [0.25, 0.3) is 0 Å². The number of aromatic amines is 1. The summed E-state index contributed by atoms with van der Waals surface area (Å²) < 4.78 is 9.44. The van der Waals surface area contributed by atoms with Crippen LogP contribution in [0.4, 0.5) is 0 Å². The molecule has 1 N–H and O–H groups in total. The van der Waals surface area contributed by atoms with Crippen LogP contribution in [0.5, 0.6) is 0 Å². The fourth-order valence-electron chi connectivity index (χ4n) is 0.510. The van der Waals surface area contributed by atoms with E-state index in [0.717, 1.165) is 13.2 Å². The number of rotatable bonds is 0. The van der Waals surface area contributed by atoms with E-state index in [9.17, 15) is 0 Å². The second-order valence-electron chi connectivity index (χ2n) is 1.69. The number of nitrogens with one attached hydrogen (secondary N) is 1. The highest BCUT2D eigenvalue weighted by Gasteiger charge is 1.93. The predicted molar refractivity (Wildman–Crippen MR) is 35.4 cm³/mol. The summed E-state index contributed by atoms with van der Waals surface area (Å²) in [5, 5.41) is 0. The lowest BCUT2D eigenvalue weighted by Crippen LogP contribution is -1.79. The molecule has 4 heteroatoms. The van der Waals surface area contributed by atoms with Crippen LogP contribution in [0.3, 0.4) is 0 Å². The normalized spacial score (nSPS) is 16.0. The van der Waals surface area contributed by atoms with Crippen LogP contribution < -0.4 is 0 Å². The van der Waals surface area contributed by atoms with Crippen molar-refractivity contribution in [2.45, 2.75) is 0 Å². The fourth-order valence-corrected chi connectivity index (χ4v) is 0.510. The molecule has 1 aromatic heterocycles. The first-order chi connectivity index (χ1) is 5.00. The molecule has 0 saturated carbocycles. The van der Waals surface area contributed by atoms with Crippen molar-refractivity contribution in [3.8, 4) is 0 Å². The summed E-state index contributed by atoms with van der Waals surface area (Å²) in [5.41, 5.74) is 0. The van der Waals surface area contributed by atoms with Crippen LogP contribution in [-0.2, 0) is 9.47 Å². The molecule has 0 unspecified atom stereocenters. The van der Waals surface area contributed by atoms with Gasteiger partial charge in [-0.3, -0.25) is 0 Å². The van der Waals surface area contributed by atoms with Crippen molar-refractivity contribution >= 4 is 0 Å². The van der Waals surface area contributed by atoms with Gasteiger partial charge in [-0.05, 0) is 0 Å². The number of nitrogens with zero attached hydrogens (tertiary/aromatic N) is 1. The van der Waals surface area contributed by atoms with E-state index in [1.54, 1.807) is 18.7 Å². The first kappa shape index (κ1) is 7.24. The molecule has 1 aliphatic rings. The Kier molecular flexibility index (Phi) is 3.59. The third-order valence-electron chi connectivity index (χ3n) is 0.945. The molecule has 1 saturated heterocycles. The Labute approximate surface area is 59.2 Å². The summed E-state index contributed by atoms with van der Waals surface area (Å²) in [6, 6.07) is 0. The second-order valence-corrected chi connectivity index (χ2v) is 1.69. The zero-order valence-corrected chi connectivity index (χ0v) is 5.62. The summed E-state index contributed by atoms with van der Waals surface area (Å²) in [6.07, 6.45) is 5.08. The van der Waals surface area contributed by atoms with Gasteiger partial charge in [-0.15, -0.1) is 0 Å². The number of imidazole rings is 1. The van der Waals surface area contributed by atoms with Crippen LogP contribution in [0.25, 0.3) is 0 Å². The van der Waals surface area contributed by atoms with Crippen LogP contribution in [0, 0.1) is 0 Å². The molecule has 2 heterocycles. The number of hydrogen-bond donors (Lipinski definition) is 1. The standard InChI is InChI=1S/C3H4N2.C3H6O2/c2*1-2-5-3-4-1/h1-3H,(H,4,5);1-3H2. The number of ether oxygens (including phenoxy) is 2. The maximum Gasteiger partial charge on any atom is 0.146 e. The van der Waals surface area contributed by atoms with Gasteiger partial charge in [0.2, 0.25) is 0 Å². The van der Waals surface area contributed by atoms with Crippen molar-refractivity contribution in [1.29, 1.82) is 0 Å². The van der Waals surface area contributed by atoms with Crippen LogP contribution in [0.2, 0.25) is 0 Å². The van der Waals surface area contributed by atoms with Gasteiger partial charge in [0.1, 0.15) is 6.79 Å². The molecule has 0 aromatic carbocycles. The first-order valence-corrected chi connectivity index (χ1v) is 3.08. The van der Waals surface area contributed by atoms with Crippen LogP contribution in [-0.4, -0.2) is 30.0 Å². The van der Waals surface area contributed by atoms with Crippen LogP contribution in [0.15, 0.2) is 18.7 Å². The zero-order valence-electron chi connectivity index (χ0n) is 5.62. The second kappa shape index (κ2) is 4.96. The third-order valence-corrected chi connectivity index (χ3v) is 0.945. The molecule has 0 spiro atoms. The fraction of sp³-hybridized carbons (Fsp3) is 0.500. The Bertz CT molecular complexity index is 113. The topological polar surface area (TPSA) is 47.1 Å². The average Bonchev–Trinajstić information content (AvgIpc) is 2.67. The molecule has 4 nitrogen and oxygen atoms in total. The van der Waals surface area contributed by atoms with Gasteiger partial charge in [0.05, 0.1) is 19.5 Å². The monoisotopic (exact) mass is 142 g/mol. The zero-order chi connectivity index (χ0) is 7.07. The molecule has 1 fully saturated rings. The molecule has 0 atom stereocenters. The van der Waals surface area contributed by atoms with Crippen LogP contribution >= 0.6 is 0 Å². The Balaban J connectivity index is 0.0000001000. The Morgan fingerprint density at radius 2 is 2.10 bits per heavy atom. The van der Waals surface area contributed by atoms with Crippen molar-refractivity contribution < 1.29 is 9.47 Å². The van der Waals surface area contributed by atoms with Crippen molar-refractivity contribution in [3.63, 3.8) is 0 Å². The Hall–Kier alpha value is -0.870. The van der Waals surface area contributed by atoms with E-state index in [4.69, 9.17) is 9.47 Å². The van der Waals surface area contributed by atoms with Gasteiger partial charge in [0.15, 0.2) is 0 Å². The maximum absolute atomic E-state index is 4.72. The molecular weight excluding hydrogens is 132 g/mol. The highest BCUT2D eigenvalue weighted by molar-refractivity contribution is 4.64. The van der Waals surface area contributed by atoms with E-state index in [2.05, 4.69) is 9.97 Å². The molecule has 0 amide bonds. The lowest BCUT2D eigenvalue weighted by molar-refractivity contribution is 0.0692. The van der Waals surface area contributed by atoms with E-state index in [1.807, 2.05) is 0 Å². The molecule has 0 bridgehead atoms. The minimum Gasteiger partial charge on any atom is -0.353 e. The third kappa shape index (κ3) is 3.21. The molecule has 1 aliphatic heterocycles. The van der Waals surface area contributed by atoms with Crippen molar-refractivity contribution in [2.75, 3.05) is 20.0 Å². The van der Waals surface area contributed by atoms with E-state index in [1.165, 1.54) is 0 Å². The van der Waals surface area contributed by atoms with Gasteiger partial charge >= 0.3 is 0 Å². The summed E-state index contributed by atoms with van der Waals surface area (Å²) in [5.74, 6) is 0. The highest BCUT2D eigenvalue weighted by Crippen LogP contribution is 1.85. The van der Waals surface area contributed by atoms with Gasteiger partial charge in [-0.1, -0.05) is 0 Å². The SMILES string of the molecule is C1COCO1.c1c[nH]cn1. The van der Waals surface area contributed by atoms with E-state index >= 15 is 0 Å². The maximum atomic E-state index is 4.72. The molecular formula is C6H10N2O2. The molecule has 2 rings (SSSR count). The summed E-state index contributed by atoms with van der Waals surface area (Å²) in [4.78, 5) is 6.42. The number of H-pyrrole nitrogens is 1. The molecule has 0 radical (unpaired) electrons. The Morgan fingerprint density at radius 1 is 1.30 bits per heavy atom. The highest BCUT2D eigenvalue weighted by atomic mass is 16.7. The molecule has 0 aliphatic carbocycles. The van der Waals surface area contributed by atoms with E-state index in [0.29, 0.717) is 6.79 Å². The summed E-state index contributed by atoms with van der Waals surface area (Å²) >= 11 is 0. The minimum atomic E-state index is 0.500. The van der Waals surface area contributed by atoms with E-state index in [-0.39, 0.29) is 0 Å². The first-order valence-electron chi connectivity index (χ1n) is 3.08. The van der Waals surface area contributed by atoms with Crippen LogP contribution in [0.1, 0.15) is 0 Å². The number of hydrogen-bond acceptors (Lipinski definition) is 3. The van der Waals surface area contributed by atoms with Gasteiger partial charge in [-0.25, -0.2) is 4.98 Å². The summed E-state index contributed by atoms with van der Waals surface area (Å²) in [7, 11) is 0. The molecule has 10 heavy (non-hydrogen) atoms. The predicted octanol–water partition coefficient (Wildman–Crippen LogP) is 0.400. The lowest BCUT2D eigenvalue weighted by atomic mass is 10.8. The Morgan fingerprint density at radius 3 is 2.30 bits per heavy atom.